The van der Waals surface area contributed by atoms with Crippen LogP contribution in [0.4, 0.5) is 0 Å². The summed E-state index contributed by atoms with van der Waals surface area (Å²) >= 11 is 5.06. The largest absolute Gasteiger partial charge is 0.486 e. The minimum Gasteiger partial charge on any atom is -0.486 e. The number of thiophene rings is 1. The van der Waals surface area contributed by atoms with Crippen LogP contribution in [0, 0.1) is 0 Å². The first-order valence-electron chi connectivity index (χ1n) is 4.87. The number of hydrogen-bond donors (Lipinski definition) is 2. The van der Waals surface area contributed by atoms with Gasteiger partial charge in [0.2, 0.25) is 0 Å². The van der Waals surface area contributed by atoms with Crippen molar-refractivity contribution in [1.29, 1.82) is 0 Å². The van der Waals surface area contributed by atoms with Crippen molar-refractivity contribution in [3.63, 3.8) is 0 Å². The Morgan fingerprint density at radius 1 is 1.67 bits per heavy atom. The van der Waals surface area contributed by atoms with Crippen LogP contribution in [0.15, 0.2) is 10.5 Å². The van der Waals surface area contributed by atoms with Gasteiger partial charge in [-0.25, -0.2) is 0 Å². The van der Waals surface area contributed by atoms with Crippen LogP contribution in [0.5, 0.6) is 5.06 Å². The fourth-order valence-corrected chi connectivity index (χ4v) is 3.07. The summed E-state index contributed by atoms with van der Waals surface area (Å²) in [5.41, 5.74) is 0.00367. The quantitative estimate of drug-likeness (QED) is 0.873. The number of halogens is 1. The highest BCUT2D eigenvalue weighted by Crippen LogP contribution is 2.37. The van der Waals surface area contributed by atoms with Gasteiger partial charge in [-0.3, -0.25) is 0 Å². The second kappa shape index (κ2) is 4.41. The summed E-state index contributed by atoms with van der Waals surface area (Å²) in [6, 6.07) is 2.06. The Morgan fingerprint density at radius 2 is 2.40 bits per heavy atom. The first-order chi connectivity index (χ1) is 7.19. The summed E-state index contributed by atoms with van der Waals surface area (Å²) in [5, 5.41) is 13.4. The summed E-state index contributed by atoms with van der Waals surface area (Å²) < 4.78 is 6.19. The van der Waals surface area contributed by atoms with Crippen molar-refractivity contribution in [3.05, 3.63) is 15.4 Å². The second-order valence-corrected chi connectivity index (χ2v) is 5.80. The van der Waals surface area contributed by atoms with Crippen molar-refractivity contribution < 1.29 is 9.84 Å². The van der Waals surface area contributed by atoms with Crippen molar-refractivity contribution in [3.8, 4) is 5.06 Å². The molecular weight excluding hydrogens is 278 g/mol. The fourth-order valence-electron chi connectivity index (χ4n) is 1.44. The molecule has 1 saturated carbocycles. The van der Waals surface area contributed by atoms with Crippen LogP contribution in [0.1, 0.15) is 17.7 Å². The normalized spacial score (nSPS) is 17.8. The van der Waals surface area contributed by atoms with Crippen molar-refractivity contribution in [1.82, 2.24) is 5.32 Å². The van der Waals surface area contributed by atoms with Gasteiger partial charge in [0.1, 0.15) is 0 Å². The number of nitrogens with one attached hydrogen (secondary N) is 1. The van der Waals surface area contributed by atoms with E-state index >= 15 is 0 Å². The Morgan fingerprint density at radius 3 is 2.87 bits per heavy atom. The maximum atomic E-state index is 9.15. The Kier molecular flexibility index (Phi) is 3.35. The molecule has 0 saturated heterocycles. The molecule has 2 N–H and O–H groups in total. The van der Waals surface area contributed by atoms with Crippen LogP contribution in [0.3, 0.4) is 0 Å². The Hall–Kier alpha value is -0.100. The van der Waals surface area contributed by atoms with E-state index in [0.29, 0.717) is 0 Å². The van der Waals surface area contributed by atoms with Gasteiger partial charge >= 0.3 is 0 Å². The summed E-state index contributed by atoms with van der Waals surface area (Å²) in [6.45, 7) is 1.03. The summed E-state index contributed by atoms with van der Waals surface area (Å²) in [7, 11) is 1.67. The lowest BCUT2D eigenvalue weighted by atomic mass is 10.3. The molecule has 5 heteroatoms. The van der Waals surface area contributed by atoms with Crippen LogP contribution in [-0.4, -0.2) is 24.4 Å². The minimum absolute atomic E-state index is 0.00367. The van der Waals surface area contributed by atoms with E-state index in [1.807, 2.05) is 0 Å². The number of methoxy groups -OCH3 is 1. The highest BCUT2D eigenvalue weighted by Gasteiger charge is 2.41. The number of hydrogen-bond acceptors (Lipinski definition) is 4. The highest BCUT2D eigenvalue weighted by atomic mass is 79.9. The zero-order valence-electron chi connectivity index (χ0n) is 8.55. The molecule has 0 bridgehead atoms. The molecule has 0 atom stereocenters. The zero-order valence-corrected chi connectivity index (χ0v) is 10.9. The molecule has 0 radical (unpaired) electrons. The zero-order chi connectivity index (χ0) is 10.9. The van der Waals surface area contributed by atoms with Crippen LogP contribution < -0.4 is 10.1 Å². The third-order valence-electron chi connectivity index (χ3n) is 2.69. The smallest absolute Gasteiger partial charge is 0.188 e. The standard InChI is InChI=1S/C10H14BrNO2S/c1-14-9-8(11)4-7(15-9)5-12-10(6-13)2-3-10/h4,12-13H,2-3,5-6H2,1H3. The van der Waals surface area contributed by atoms with E-state index < -0.39 is 0 Å². The van der Waals surface area contributed by atoms with Gasteiger partial charge in [-0.05, 0) is 34.8 Å². The van der Waals surface area contributed by atoms with E-state index in [-0.39, 0.29) is 12.1 Å². The topological polar surface area (TPSA) is 41.5 Å². The van der Waals surface area contributed by atoms with Crippen molar-refractivity contribution in [2.45, 2.75) is 24.9 Å². The van der Waals surface area contributed by atoms with Gasteiger partial charge in [0.15, 0.2) is 5.06 Å². The Bertz CT molecular complexity index is 349. The molecule has 0 unspecified atom stereocenters. The summed E-state index contributed by atoms with van der Waals surface area (Å²) in [4.78, 5) is 1.22. The lowest BCUT2D eigenvalue weighted by molar-refractivity contribution is 0.230. The third-order valence-corrected chi connectivity index (χ3v) is 4.63. The molecule has 0 spiro atoms. The third kappa shape index (κ3) is 2.53. The van der Waals surface area contributed by atoms with Crippen molar-refractivity contribution in [2.24, 2.45) is 0 Å². The Labute approximate surface area is 102 Å². The monoisotopic (exact) mass is 291 g/mol. The first kappa shape index (κ1) is 11.4. The van der Waals surface area contributed by atoms with Gasteiger partial charge in [0.05, 0.1) is 18.2 Å². The van der Waals surface area contributed by atoms with Crippen molar-refractivity contribution >= 4 is 27.3 Å². The molecule has 0 aromatic carbocycles. The number of aliphatic hydroxyl groups excluding tert-OH is 1. The summed E-state index contributed by atoms with van der Waals surface area (Å²) in [5.74, 6) is 0. The molecule has 15 heavy (non-hydrogen) atoms. The molecule has 1 heterocycles. The molecule has 1 aromatic rings. The number of aliphatic hydroxyl groups is 1. The first-order valence-corrected chi connectivity index (χ1v) is 6.48. The van der Waals surface area contributed by atoms with E-state index in [9.17, 15) is 0 Å². The van der Waals surface area contributed by atoms with Gasteiger partial charge in [0.25, 0.3) is 0 Å². The SMILES string of the molecule is COc1sc(CNC2(CO)CC2)cc1Br. The Balaban J connectivity index is 1.93. The maximum absolute atomic E-state index is 9.15. The van der Waals surface area contributed by atoms with E-state index in [1.54, 1.807) is 18.4 Å². The van der Waals surface area contributed by atoms with Crippen LogP contribution in [-0.2, 0) is 6.54 Å². The van der Waals surface area contributed by atoms with Gasteiger partial charge in [-0.2, -0.15) is 0 Å². The summed E-state index contributed by atoms with van der Waals surface area (Å²) in [6.07, 6.45) is 2.15. The number of ether oxygens (including phenoxy) is 1. The van der Waals surface area contributed by atoms with Gasteiger partial charge in [0, 0.05) is 17.0 Å². The predicted octanol–water partition coefficient (Wildman–Crippen LogP) is 2.13. The fraction of sp³-hybridized carbons (Fsp3) is 0.600. The molecule has 1 aliphatic rings. The van der Waals surface area contributed by atoms with E-state index in [2.05, 4.69) is 27.3 Å². The molecular formula is C10H14BrNO2S. The molecule has 1 fully saturated rings. The van der Waals surface area contributed by atoms with E-state index in [4.69, 9.17) is 9.84 Å². The molecule has 2 rings (SSSR count). The molecule has 1 aliphatic carbocycles. The lowest BCUT2D eigenvalue weighted by Crippen LogP contribution is -2.33. The minimum atomic E-state index is 0.00367. The number of rotatable bonds is 5. The van der Waals surface area contributed by atoms with E-state index in [1.165, 1.54) is 4.88 Å². The second-order valence-electron chi connectivity index (χ2n) is 3.84. The van der Waals surface area contributed by atoms with Crippen LogP contribution >= 0.6 is 27.3 Å². The highest BCUT2D eigenvalue weighted by molar-refractivity contribution is 9.10. The molecule has 0 aliphatic heterocycles. The predicted molar refractivity (Wildman–Crippen MR) is 64.5 cm³/mol. The molecule has 1 aromatic heterocycles. The average molecular weight is 292 g/mol. The van der Waals surface area contributed by atoms with Crippen LogP contribution in [0.25, 0.3) is 0 Å². The van der Waals surface area contributed by atoms with Crippen molar-refractivity contribution in [2.75, 3.05) is 13.7 Å². The molecule has 3 nitrogen and oxygen atoms in total. The van der Waals surface area contributed by atoms with Crippen LogP contribution in [0.2, 0.25) is 0 Å². The molecule has 84 valence electrons. The maximum Gasteiger partial charge on any atom is 0.188 e. The molecule has 0 amide bonds. The lowest BCUT2D eigenvalue weighted by Gasteiger charge is -2.12. The van der Waals surface area contributed by atoms with Gasteiger partial charge in [-0.15, -0.1) is 11.3 Å². The van der Waals surface area contributed by atoms with E-state index in [0.717, 1.165) is 28.9 Å². The van der Waals surface area contributed by atoms with Gasteiger partial charge in [-0.1, -0.05) is 0 Å². The van der Waals surface area contributed by atoms with Gasteiger partial charge < -0.3 is 15.2 Å². The average Bonchev–Trinajstić information content (AvgIpc) is 2.94.